The van der Waals surface area contributed by atoms with Crippen LogP contribution in [0.4, 0.5) is 5.82 Å². The van der Waals surface area contributed by atoms with Gasteiger partial charge in [0.05, 0.1) is 16.1 Å². The van der Waals surface area contributed by atoms with E-state index in [9.17, 15) is 5.11 Å². The van der Waals surface area contributed by atoms with E-state index in [2.05, 4.69) is 10.3 Å². The van der Waals surface area contributed by atoms with Gasteiger partial charge < -0.3 is 10.4 Å². The number of anilines is 1. The van der Waals surface area contributed by atoms with E-state index in [1.807, 2.05) is 30.3 Å². The van der Waals surface area contributed by atoms with E-state index >= 15 is 0 Å². The van der Waals surface area contributed by atoms with Gasteiger partial charge in [-0.2, -0.15) is 0 Å². The molecule has 1 heterocycles. The minimum absolute atomic E-state index is 0.169. The summed E-state index contributed by atoms with van der Waals surface area (Å²) in [5, 5.41) is 13.8. The summed E-state index contributed by atoms with van der Waals surface area (Å²) >= 11 is 17.6. The summed E-state index contributed by atoms with van der Waals surface area (Å²) in [5.74, 6) is 0.394. The average Bonchev–Trinajstić information content (AvgIpc) is 2.42. The van der Waals surface area contributed by atoms with E-state index in [1.165, 1.54) is 6.07 Å². The number of aliphatic hydroxyl groups is 1. The highest BCUT2D eigenvalue weighted by atomic mass is 35.5. The van der Waals surface area contributed by atoms with Crippen molar-refractivity contribution in [2.75, 3.05) is 11.9 Å². The fraction of sp³-hybridized carbons (Fsp3) is 0.154. The van der Waals surface area contributed by atoms with Gasteiger partial charge in [-0.05, 0) is 11.6 Å². The quantitative estimate of drug-likeness (QED) is 0.831. The number of pyridine rings is 1. The zero-order valence-corrected chi connectivity index (χ0v) is 12.0. The van der Waals surface area contributed by atoms with Gasteiger partial charge in [-0.1, -0.05) is 65.1 Å². The molecule has 2 N–H and O–H groups in total. The lowest BCUT2D eigenvalue weighted by Crippen LogP contribution is -2.13. The first kappa shape index (κ1) is 14.4. The van der Waals surface area contributed by atoms with E-state index in [4.69, 9.17) is 34.8 Å². The fourth-order valence-electron chi connectivity index (χ4n) is 1.55. The molecule has 0 amide bonds. The summed E-state index contributed by atoms with van der Waals surface area (Å²) in [6, 6.07) is 10.8. The number of halogens is 3. The summed E-state index contributed by atoms with van der Waals surface area (Å²) in [5.41, 5.74) is 0.811. The number of aromatic nitrogens is 1. The van der Waals surface area contributed by atoms with Gasteiger partial charge in [0, 0.05) is 6.54 Å². The molecule has 100 valence electrons. The van der Waals surface area contributed by atoms with Crippen molar-refractivity contribution in [3.05, 3.63) is 57.2 Å². The van der Waals surface area contributed by atoms with Crippen molar-refractivity contribution in [1.82, 2.24) is 4.98 Å². The maximum Gasteiger partial charge on any atom is 0.150 e. The van der Waals surface area contributed by atoms with Crippen LogP contribution in [-0.2, 0) is 0 Å². The summed E-state index contributed by atoms with van der Waals surface area (Å²) in [6.45, 7) is 0.273. The van der Waals surface area contributed by atoms with Crippen LogP contribution < -0.4 is 5.32 Å². The molecule has 1 aromatic heterocycles. The molecule has 0 spiro atoms. The van der Waals surface area contributed by atoms with E-state index < -0.39 is 6.10 Å². The summed E-state index contributed by atoms with van der Waals surface area (Å²) < 4.78 is 0. The third-order valence-corrected chi connectivity index (χ3v) is 3.49. The first-order chi connectivity index (χ1) is 9.08. The number of nitrogens with zero attached hydrogens (tertiary/aromatic N) is 1. The van der Waals surface area contributed by atoms with Crippen molar-refractivity contribution < 1.29 is 5.11 Å². The van der Waals surface area contributed by atoms with Crippen LogP contribution in [0.15, 0.2) is 36.4 Å². The Morgan fingerprint density at radius 3 is 2.47 bits per heavy atom. The SMILES string of the molecule is OC(CNc1nc(Cl)c(Cl)cc1Cl)c1ccccc1. The Bertz CT molecular complexity index is 563. The van der Waals surface area contributed by atoms with Gasteiger partial charge in [0.15, 0.2) is 0 Å². The van der Waals surface area contributed by atoms with Crippen molar-refractivity contribution in [3.8, 4) is 0 Å². The molecule has 0 bridgehead atoms. The Morgan fingerprint density at radius 1 is 1.11 bits per heavy atom. The smallest absolute Gasteiger partial charge is 0.150 e. The molecule has 0 radical (unpaired) electrons. The highest BCUT2D eigenvalue weighted by molar-refractivity contribution is 6.42. The second kappa shape index (κ2) is 6.44. The van der Waals surface area contributed by atoms with Crippen LogP contribution in [0, 0.1) is 0 Å². The van der Waals surface area contributed by atoms with Crippen LogP contribution in [-0.4, -0.2) is 16.6 Å². The summed E-state index contributed by atoms with van der Waals surface area (Å²) in [7, 11) is 0. The lowest BCUT2D eigenvalue weighted by Gasteiger charge is -2.13. The molecule has 6 heteroatoms. The fourth-order valence-corrected chi connectivity index (χ4v) is 2.12. The number of benzene rings is 1. The van der Waals surface area contributed by atoms with Crippen molar-refractivity contribution in [2.45, 2.75) is 6.10 Å². The highest BCUT2D eigenvalue weighted by Gasteiger charge is 2.11. The second-order valence-electron chi connectivity index (χ2n) is 3.90. The lowest BCUT2D eigenvalue weighted by atomic mass is 10.1. The van der Waals surface area contributed by atoms with Crippen molar-refractivity contribution >= 4 is 40.6 Å². The number of rotatable bonds is 4. The monoisotopic (exact) mass is 316 g/mol. The standard InChI is InChI=1S/C13H11Cl3N2O/c14-9-6-10(15)13(18-12(9)16)17-7-11(19)8-4-2-1-3-5-8/h1-6,11,19H,7H2,(H,17,18). The van der Waals surface area contributed by atoms with Crippen LogP contribution >= 0.6 is 34.8 Å². The molecule has 0 fully saturated rings. The van der Waals surface area contributed by atoms with Crippen LogP contribution in [0.2, 0.25) is 15.2 Å². The Balaban J connectivity index is 2.05. The third kappa shape index (κ3) is 3.74. The Labute approximate surface area is 126 Å². The van der Waals surface area contributed by atoms with E-state index in [-0.39, 0.29) is 11.7 Å². The Hall–Kier alpha value is -1.00. The van der Waals surface area contributed by atoms with Gasteiger partial charge in [0.1, 0.15) is 11.0 Å². The summed E-state index contributed by atoms with van der Waals surface area (Å²) in [6.07, 6.45) is -0.659. The normalized spacial score (nSPS) is 12.2. The third-order valence-electron chi connectivity index (χ3n) is 2.53. The van der Waals surface area contributed by atoms with Crippen molar-refractivity contribution in [1.29, 1.82) is 0 Å². The molecule has 0 aliphatic carbocycles. The zero-order chi connectivity index (χ0) is 13.8. The minimum atomic E-state index is -0.659. The molecular formula is C13H11Cl3N2O. The van der Waals surface area contributed by atoms with E-state index in [1.54, 1.807) is 0 Å². The molecule has 2 aromatic rings. The average molecular weight is 318 g/mol. The first-order valence-electron chi connectivity index (χ1n) is 5.56. The molecule has 0 saturated carbocycles. The molecule has 0 saturated heterocycles. The number of aliphatic hydroxyl groups excluding tert-OH is 1. The number of hydrogen-bond donors (Lipinski definition) is 2. The highest BCUT2D eigenvalue weighted by Crippen LogP contribution is 2.29. The van der Waals surface area contributed by atoms with Crippen LogP contribution in [0.25, 0.3) is 0 Å². The Morgan fingerprint density at radius 2 is 1.79 bits per heavy atom. The molecule has 3 nitrogen and oxygen atoms in total. The van der Waals surface area contributed by atoms with Gasteiger partial charge in [-0.3, -0.25) is 0 Å². The molecule has 0 aliphatic heterocycles. The number of nitrogens with one attached hydrogen (secondary N) is 1. The predicted octanol–water partition coefficient (Wildman–Crippen LogP) is 4.19. The summed E-state index contributed by atoms with van der Waals surface area (Å²) in [4.78, 5) is 4.02. The van der Waals surface area contributed by atoms with Crippen LogP contribution in [0.1, 0.15) is 11.7 Å². The maximum absolute atomic E-state index is 10.0. The Kier molecular flexibility index (Phi) is 4.88. The molecule has 0 aliphatic rings. The van der Waals surface area contributed by atoms with E-state index in [0.717, 1.165) is 5.56 Å². The maximum atomic E-state index is 10.0. The zero-order valence-electron chi connectivity index (χ0n) is 9.78. The molecular weight excluding hydrogens is 307 g/mol. The topological polar surface area (TPSA) is 45.1 Å². The number of hydrogen-bond acceptors (Lipinski definition) is 3. The van der Waals surface area contributed by atoms with Crippen LogP contribution in [0.3, 0.4) is 0 Å². The second-order valence-corrected chi connectivity index (χ2v) is 5.07. The molecule has 19 heavy (non-hydrogen) atoms. The molecule has 1 aromatic carbocycles. The van der Waals surface area contributed by atoms with Gasteiger partial charge in [-0.25, -0.2) is 4.98 Å². The van der Waals surface area contributed by atoms with Gasteiger partial charge in [-0.15, -0.1) is 0 Å². The largest absolute Gasteiger partial charge is 0.387 e. The molecule has 1 unspecified atom stereocenters. The lowest BCUT2D eigenvalue weighted by molar-refractivity contribution is 0.191. The van der Waals surface area contributed by atoms with E-state index in [0.29, 0.717) is 15.9 Å². The molecule has 1 atom stereocenters. The first-order valence-corrected chi connectivity index (χ1v) is 6.69. The minimum Gasteiger partial charge on any atom is -0.387 e. The van der Waals surface area contributed by atoms with Gasteiger partial charge >= 0.3 is 0 Å². The van der Waals surface area contributed by atoms with Gasteiger partial charge in [0.25, 0.3) is 0 Å². The molecule has 2 rings (SSSR count). The van der Waals surface area contributed by atoms with Gasteiger partial charge in [0.2, 0.25) is 0 Å². The van der Waals surface area contributed by atoms with Crippen molar-refractivity contribution in [2.24, 2.45) is 0 Å². The predicted molar refractivity (Wildman–Crippen MR) is 79.2 cm³/mol. The van der Waals surface area contributed by atoms with Crippen molar-refractivity contribution in [3.63, 3.8) is 0 Å². The van der Waals surface area contributed by atoms with Crippen LogP contribution in [0.5, 0.6) is 0 Å².